The lowest BCUT2D eigenvalue weighted by Gasteiger charge is -2.19. The molecule has 4 atom stereocenters. The maximum Gasteiger partial charge on any atom is 0.306 e. The molecule has 0 saturated heterocycles. The minimum atomic E-state index is -0.608. The molecule has 2 rings (SSSR count). The van der Waals surface area contributed by atoms with Crippen molar-refractivity contribution in [3.8, 4) is 0 Å². The van der Waals surface area contributed by atoms with Crippen LogP contribution in [-0.4, -0.2) is 37.4 Å². The lowest BCUT2D eigenvalue weighted by Crippen LogP contribution is -2.25. The Bertz CT molecular complexity index is 257. The fourth-order valence-corrected chi connectivity index (χ4v) is 3.37. The van der Waals surface area contributed by atoms with Crippen LogP contribution in [0.4, 0.5) is 0 Å². The highest BCUT2D eigenvalue weighted by molar-refractivity contribution is 5.70. The van der Waals surface area contributed by atoms with Crippen LogP contribution in [0.5, 0.6) is 0 Å². The van der Waals surface area contributed by atoms with Gasteiger partial charge in [0.05, 0.1) is 18.6 Å². The van der Waals surface area contributed by atoms with Crippen molar-refractivity contribution in [1.82, 2.24) is 5.32 Å². The van der Waals surface area contributed by atoms with E-state index in [2.05, 4.69) is 5.32 Å². The summed E-state index contributed by atoms with van der Waals surface area (Å²) in [5, 5.41) is 12.2. The molecule has 0 aromatic heterocycles. The normalized spacial score (nSPS) is 37.6. The van der Waals surface area contributed by atoms with Gasteiger partial charge in [-0.2, -0.15) is 0 Å². The van der Waals surface area contributed by atoms with Gasteiger partial charge in [-0.05, 0) is 44.6 Å². The van der Waals surface area contributed by atoms with Gasteiger partial charge in [-0.3, -0.25) is 4.79 Å². The summed E-state index contributed by atoms with van der Waals surface area (Å²) in [5.74, 6) is 0.154. The van der Waals surface area contributed by atoms with Crippen LogP contribution in [0.2, 0.25) is 0 Å². The van der Waals surface area contributed by atoms with Gasteiger partial charge in [0.1, 0.15) is 0 Å². The van der Waals surface area contributed by atoms with E-state index in [4.69, 9.17) is 9.84 Å². The highest BCUT2D eigenvalue weighted by Crippen LogP contribution is 2.48. The molecule has 4 heteroatoms. The number of ether oxygens (including phenoxy) is 1. The summed E-state index contributed by atoms with van der Waals surface area (Å²) in [4.78, 5) is 11.1. The van der Waals surface area contributed by atoms with Gasteiger partial charge in [0, 0.05) is 6.54 Å². The van der Waals surface area contributed by atoms with Crippen LogP contribution in [0.25, 0.3) is 0 Å². The van der Waals surface area contributed by atoms with Crippen LogP contribution < -0.4 is 5.32 Å². The van der Waals surface area contributed by atoms with Gasteiger partial charge in [0.25, 0.3) is 0 Å². The number of carboxylic acid groups (broad SMARTS) is 1. The average molecular weight is 227 g/mol. The largest absolute Gasteiger partial charge is 0.481 e. The molecule has 0 bridgehead atoms. The molecule has 0 heterocycles. The fraction of sp³-hybridized carbons (Fsp3) is 0.917. The van der Waals surface area contributed by atoms with Crippen LogP contribution in [0.3, 0.4) is 0 Å². The second-order valence-corrected chi connectivity index (χ2v) is 4.94. The van der Waals surface area contributed by atoms with Crippen LogP contribution in [0.1, 0.15) is 25.7 Å². The monoisotopic (exact) mass is 227 g/mol. The Labute approximate surface area is 96.4 Å². The van der Waals surface area contributed by atoms with E-state index in [9.17, 15) is 4.79 Å². The van der Waals surface area contributed by atoms with Gasteiger partial charge in [0.2, 0.25) is 0 Å². The average Bonchev–Trinajstić information content (AvgIpc) is 2.80. The number of fused-ring (bicyclic) bond motifs is 1. The number of rotatable bonds is 5. The van der Waals surface area contributed by atoms with Gasteiger partial charge >= 0.3 is 5.97 Å². The van der Waals surface area contributed by atoms with Crippen molar-refractivity contribution >= 4 is 5.97 Å². The van der Waals surface area contributed by atoms with Crippen molar-refractivity contribution in [2.75, 3.05) is 20.2 Å². The van der Waals surface area contributed by atoms with Crippen LogP contribution >= 0.6 is 0 Å². The Kier molecular flexibility index (Phi) is 3.82. The number of carbonyl (C=O) groups is 1. The van der Waals surface area contributed by atoms with E-state index in [1.807, 2.05) is 7.05 Å². The summed E-state index contributed by atoms with van der Waals surface area (Å²) in [5.41, 5.74) is 0. The Morgan fingerprint density at radius 3 is 2.75 bits per heavy atom. The predicted molar refractivity (Wildman–Crippen MR) is 60.2 cm³/mol. The highest BCUT2D eigenvalue weighted by atomic mass is 16.5. The van der Waals surface area contributed by atoms with Gasteiger partial charge < -0.3 is 15.2 Å². The maximum absolute atomic E-state index is 11.1. The van der Waals surface area contributed by atoms with Crippen LogP contribution in [0, 0.1) is 17.8 Å². The molecule has 16 heavy (non-hydrogen) atoms. The number of aliphatic carboxylic acids is 1. The summed E-state index contributed by atoms with van der Waals surface area (Å²) in [6.07, 6.45) is 4.26. The lowest BCUT2D eigenvalue weighted by molar-refractivity contribution is -0.143. The number of hydrogen-bond acceptors (Lipinski definition) is 3. The first-order chi connectivity index (χ1) is 7.74. The number of likely N-dealkylation sites (N-methyl/N-ethyl adjacent to an activating group) is 1. The molecule has 0 radical (unpaired) electrons. The van der Waals surface area contributed by atoms with E-state index in [1.165, 1.54) is 0 Å². The molecular weight excluding hydrogens is 206 g/mol. The zero-order chi connectivity index (χ0) is 11.5. The topological polar surface area (TPSA) is 58.6 Å². The summed E-state index contributed by atoms with van der Waals surface area (Å²) in [7, 11) is 1.91. The van der Waals surface area contributed by atoms with Gasteiger partial charge in [-0.1, -0.05) is 0 Å². The highest BCUT2D eigenvalue weighted by Gasteiger charge is 2.47. The smallest absolute Gasteiger partial charge is 0.306 e. The zero-order valence-electron chi connectivity index (χ0n) is 9.82. The third kappa shape index (κ3) is 2.23. The van der Waals surface area contributed by atoms with Crippen molar-refractivity contribution in [1.29, 1.82) is 0 Å². The molecule has 0 aromatic carbocycles. The quantitative estimate of drug-likeness (QED) is 0.691. The molecule has 2 fully saturated rings. The third-order valence-electron chi connectivity index (χ3n) is 4.14. The second kappa shape index (κ2) is 5.15. The first-order valence-electron chi connectivity index (χ1n) is 6.23. The third-order valence-corrected chi connectivity index (χ3v) is 4.14. The lowest BCUT2D eigenvalue weighted by atomic mass is 9.92. The molecule has 4 nitrogen and oxygen atoms in total. The van der Waals surface area contributed by atoms with Crippen molar-refractivity contribution < 1.29 is 14.6 Å². The van der Waals surface area contributed by atoms with Crippen molar-refractivity contribution in [2.24, 2.45) is 17.8 Å². The van der Waals surface area contributed by atoms with Crippen LogP contribution in [-0.2, 0) is 9.53 Å². The number of nitrogens with one attached hydrogen (secondary N) is 1. The molecule has 0 aromatic rings. The summed E-state index contributed by atoms with van der Waals surface area (Å²) in [6, 6.07) is 0. The van der Waals surface area contributed by atoms with E-state index in [-0.39, 0.29) is 5.92 Å². The molecule has 0 spiro atoms. The fourth-order valence-electron chi connectivity index (χ4n) is 3.37. The van der Waals surface area contributed by atoms with Crippen molar-refractivity contribution in [3.05, 3.63) is 0 Å². The minimum absolute atomic E-state index is 0.108. The molecule has 0 unspecified atom stereocenters. The number of carboxylic acids is 1. The summed E-state index contributed by atoms with van der Waals surface area (Å²) >= 11 is 0. The van der Waals surface area contributed by atoms with E-state index in [0.717, 1.165) is 38.8 Å². The molecule has 2 aliphatic rings. The minimum Gasteiger partial charge on any atom is -0.481 e. The molecule has 2 aliphatic carbocycles. The molecule has 2 saturated carbocycles. The first-order valence-corrected chi connectivity index (χ1v) is 6.23. The molecule has 0 amide bonds. The van der Waals surface area contributed by atoms with E-state index >= 15 is 0 Å². The van der Waals surface area contributed by atoms with Crippen molar-refractivity contribution in [2.45, 2.75) is 31.8 Å². The zero-order valence-corrected chi connectivity index (χ0v) is 9.82. The Morgan fingerprint density at radius 1 is 1.31 bits per heavy atom. The summed E-state index contributed by atoms with van der Waals surface area (Å²) < 4.78 is 5.83. The summed E-state index contributed by atoms with van der Waals surface area (Å²) in [6.45, 7) is 1.61. The SMILES string of the molecule is CNCCO[C@H]1CC[C@@H]2[C@@H]1CC[C@H]2C(=O)O. The van der Waals surface area contributed by atoms with E-state index < -0.39 is 5.97 Å². The maximum atomic E-state index is 11.1. The van der Waals surface area contributed by atoms with E-state index in [1.54, 1.807) is 0 Å². The van der Waals surface area contributed by atoms with Crippen LogP contribution in [0.15, 0.2) is 0 Å². The van der Waals surface area contributed by atoms with Gasteiger partial charge in [0.15, 0.2) is 0 Å². The molecule has 2 N–H and O–H groups in total. The molecule has 92 valence electrons. The second-order valence-electron chi connectivity index (χ2n) is 4.94. The molecular formula is C12H21NO3. The Balaban J connectivity index is 1.85. The van der Waals surface area contributed by atoms with Gasteiger partial charge in [-0.15, -0.1) is 0 Å². The van der Waals surface area contributed by atoms with Gasteiger partial charge in [-0.25, -0.2) is 0 Å². The first kappa shape index (κ1) is 11.9. The number of hydrogen-bond donors (Lipinski definition) is 2. The predicted octanol–water partition coefficient (Wildman–Crippen LogP) is 1.11. The van der Waals surface area contributed by atoms with E-state index in [0.29, 0.717) is 17.9 Å². The standard InChI is InChI=1S/C12H21NO3/c1-13-6-7-16-11-5-4-8-9(11)2-3-10(8)12(14)15/h8-11,13H,2-7H2,1H3,(H,14,15)/t8-,9+,10-,11+/m1/s1. The Hall–Kier alpha value is -0.610. The molecule has 0 aliphatic heterocycles. The van der Waals surface area contributed by atoms with Crippen molar-refractivity contribution in [3.63, 3.8) is 0 Å². The Morgan fingerprint density at radius 2 is 2.06 bits per heavy atom.